The van der Waals surface area contributed by atoms with Crippen LogP contribution in [-0.4, -0.2) is 35.4 Å². The second-order valence-electron chi connectivity index (χ2n) is 4.32. The minimum Gasteiger partial charge on any atom is -0.387 e. The first kappa shape index (κ1) is 13.6. The maximum Gasteiger partial charge on any atom is 0.0947 e. The lowest BCUT2D eigenvalue weighted by molar-refractivity contribution is 0.273. The highest BCUT2D eigenvalue weighted by molar-refractivity contribution is 5.79. The van der Waals surface area contributed by atoms with Crippen LogP contribution in [0.25, 0.3) is 0 Å². The number of pyridine rings is 1. The van der Waals surface area contributed by atoms with Gasteiger partial charge in [-0.05, 0) is 18.7 Å². The molecule has 1 aromatic heterocycles. The molecule has 3 N–H and O–H groups in total. The van der Waals surface area contributed by atoms with E-state index in [2.05, 4.69) is 16.8 Å². The number of nitrogens with one attached hydrogen (secondary N) is 1. The Morgan fingerprint density at radius 2 is 2.29 bits per heavy atom. The van der Waals surface area contributed by atoms with Crippen molar-refractivity contribution >= 4 is 5.84 Å². The van der Waals surface area contributed by atoms with Gasteiger partial charge in [-0.25, -0.2) is 0 Å². The van der Waals surface area contributed by atoms with Crippen molar-refractivity contribution in [2.45, 2.75) is 20.3 Å². The summed E-state index contributed by atoms with van der Waals surface area (Å²) in [5.74, 6) is 0.389. The van der Waals surface area contributed by atoms with Crippen LogP contribution < -0.4 is 5.73 Å². The molecule has 0 saturated heterocycles. The zero-order valence-corrected chi connectivity index (χ0v) is 10.7. The van der Waals surface area contributed by atoms with Crippen molar-refractivity contribution in [1.82, 2.24) is 9.88 Å². The first-order valence-electron chi connectivity index (χ1n) is 6.09. The Morgan fingerprint density at radius 3 is 2.82 bits per heavy atom. The van der Waals surface area contributed by atoms with E-state index >= 15 is 0 Å². The molecule has 0 aliphatic heterocycles. The smallest absolute Gasteiger partial charge is 0.0947 e. The Balaban J connectivity index is 2.40. The summed E-state index contributed by atoms with van der Waals surface area (Å²) in [4.78, 5) is 6.61. The fourth-order valence-electron chi connectivity index (χ4n) is 1.68. The van der Waals surface area contributed by atoms with Gasteiger partial charge in [0.2, 0.25) is 0 Å². The molecule has 0 aliphatic carbocycles. The Morgan fingerprint density at radius 1 is 1.53 bits per heavy atom. The third-order valence-electron chi connectivity index (χ3n) is 2.92. The molecular formula is C13H22N4. The van der Waals surface area contributed by atoms with Gasteiger partial charge in [0.05, 0.1) is 5.84 Å². The van der Waals surface area contributed by atoms with E-state index in [4.69, 9.17) is 11.1 Å². The Kier molecular flexibility index (Phi) is 5.63. The normalized spacial score (nSPS) is 12.6. The molecule has 0 saturated carbocycles. The number of nitrogens with two attached hydrogens (primary N) is 1. The minimum absolute atomic E-state index is 0.124. The van der Waals surface area contributed by atoms with Gasteiger partial charge in [-0.1, -0.05) is 19.9 Å². The maximum absolute atomic E-state index is 7.40. The third-order valence-corrected chi connectivity index (χ3v) is 2.92. The lowest BCUT2D eigenvalue weighted by Crippen LogP contribution is -2.35. The molecular weight excluding hydrogens is 212 g/mol. The molecule has 1 unspecified atom stereocenters. The van der Waals surface area contributed by atoms with Crippen LogP contribution in [0.4, 0.5) is 0 Å². The van der Waals surface area contributed by atoms with Crippen LogP contribution in [-0.2, 0) is 6.42 Å². The van der Waals surface area contributed by atoms with Crippen molar-refractivity contribution in [2.24, 2.45) is 11.7 Å². The molecule has 0 aromatic carbocycles. The molecule has 1 aromatic rings. The van der Waals surface area contributed by atoms with Crippen molar-refractivity contribution in [3.8, 4) is 0 Å². The number of rotatable bonds is 7. The average Bonchev–Trinajstić information content (AvgIpc) is 2.35. The third kappa shape index (κ3) is 4.95. The Hall–Kier alpha value is -1.42. The van der Waals surface area contributed by atoms with E-state index in [0.717, 1.165) is 31.7 Å². The van der Waals surface area contributed by atoms with E-state index in [9.17, 15) is 0 Å². The van der Waals surface area contributed by atoms with Crippen LogP contribution in [0.2, 0.25) is 0 Å². The number of amidine groups is 1. The summed E-state index contributed by atoms with van der Waals surface area (Å²) in [7, 11) is 0. The Bertz CT molecular complexity index is 337. The van der Waals surface area contributed by atoms with Crippen LogP contribution >= 0.6 is 0 Å². The van der Waals surface area contributed by atoms with Crippen LogP contribution in [0.5, 0.6) is 0 Å². The standard InChI is InChI=1S/C13H22N4/c1-3-17(10-11(2)13(14)15)9-7-12-6-4-5-8-16-12/h4-6,8,11H,3,7,9-10H2,1-2H3,(H3,14,15). The van der Waals surface area contributed by atoms with Gasteiger partial charge in [-0.3, -0.25) is 10.4 Å². The van der Waals surface area contributed by atoms with Crippen molar-refractivity contribution in [1.29, 1.82) is 5.41 Å². The SMILES string of the molecule is CCN(CCc1ccccn1)CC(C)C(=N)N. The number of aromatic nitrogens is 1. The summed E-state index contributed by atoms with van der Waals surface area (Å²) in [6.45, 7) is 6.91. The largest absolute Gasteiger partial charge is 0.387 e. The zero-order chi connectivity index (χ0) is 12.7. The zero-order valence-electron chi connectivity index (χ0n) is 10.7. The van der Waals surface area contributed by atoms with Crippen LogP contribution in [0.3, 0.4) is 0 Å². The average molecular weight is 234 g/mol. The van der Waals surface area contributed by atoms with Gasteiger partial charge in [0.25, 0.3) is 0 Å². The summed E-state index contributed by atoms with van der Waals surface area (Å²) in [5.41, 5.74) is 6.60. The maximum atomic E-state index is 7.40. The van der Waals surface area contributed by atoms with Gasteiger partial charge >= 0.3 is 0 Å². The predicted molar refractivity (Wildman–Crippen MR) is 71.1 cm³/mol. The molecule has 0 bridgehead atoms. The van der Waals surface area contributed by atoms with E-state index in [0.29, 0.717) is 0 Å². The van der Waals surface area contributed by atoms with Gasteiger partial charge in [0.1, 0.15) is 0 Å². The van der Waals surface area contributed by atoms with Crippen molar-refractivity contribution in [3.63, 3.8) is 0 Å². The minimum atomic E-state index is 0.124. The molecule has 4 heteroatoms. The van der Waals surface area contributed by atoms with Crippen LogP contribution in [0.1, 0.15) is 19.5 Å². The number of nitrogens with zero attached hydrogens (tertiary/aromatic N) is 2. The molecule has 0 aliphatic rings. The molecule has 17 heavy (non-hydrogen) atoms. The van der Waals surface area contributed by atoms with Crippen molar-refractivity contribution in [3.05, 3.63) is 30.1 Å². The molecule has 1 rings (SSSR count). The second-order valence-corrected chi connectivity index (χ2v) is 4.32. The molecule has 0 fully saturated rings. The van der Waals surface area contributed by atoms with E-state index in [1.807, 2.05) is 31.3 Å². The number of likely N-dealkylation sites (N-methyl/N-ethyl adjacent to an activating group) is 1. The highest BCUT2D eigenvalue weighted by Gasteiger charge is 2.10. The van der Waals surface area contributed by atoms with Gasteiger partial charge in [0, 0.05) is 37.3 Å². The fourth-order valence-corrected chi connectivity index (χ4v) is 1.68. The highest BCUT2D eigenvalue weighted by atomic mass is 15.1. The first-order chi connectivity index (χ1) is 8.13. The van der Waals surface area contributed by atoms with Gasteiger partial charge in [-0.2, -0.15) is 0 Å². The summed E-state index contributed by atoms with van der Waals surface area (Å²) in [6, 6.07) is 5.98. The summed E-state index contributed by atoms with van der Waals surface area (Å²) in [5, 5.41) is 7.40. The Labute approximate surface area is 103 Å². The van der Waals surface area contributed by atoms with Gasteiger partial charge < -0.3 is 10.6 Å². The lowest BCUT2D eigenvalue weighted by atomic mass is 10.1. The molecule has 0 radical (unpaired) electrons. The van der Waals surface area contributed by atoms with Gasteiger partial charge in [-0.15, -0.1) is 0 Å². The monoisotopic (exact) mass is 234 g/mol. The second kappa shape index (κ2) is 7.01. The molecule has 94 valence electrons. The lowest BCUT2D eigenvalue weighted by Gasteiger charge is -2.23. The molecule has 0 spiro atoms. The number of hydrogen-bond donors (Lipinski definition) is 2. The predicted octanol–water partition coefficient (Wildman–Crippen LogP) is 1.52. The van der Waals surface area contributed by atoms with Crippen LogP contribution in [0, 0.1) is 11.3 Å². The molecule has 1 heterocycles. The van der Waals surface area contributed by atoms with Crippen molar-refractivity contribution < 1.29 is 0 Å². The van der Waals surface area contributed by atoms with E-state index in [1.54, 1.807) is 0 Å². The summed E-state index contributed by atoms with van der Waals surface area (Å²) < 4.78 is 0. The van der Waals surface area contributed by atoms with E-state index in [1.165, 1.54) is 0 Å². The van der Waals surface area contributed by atoms with Gasteiger partial charge in [0.15, 0.2) is 0 Å². The molecule has 0 amide bonds. The quantitative estimate of drug-likeness (QED) is 0.555. The fraction of sp³-hybridized carbons (Fsp3) is 0.538. The highest BCUT2D eigenvalue weighted by Crippen LogP contribution is 2.02. The van der Waals surface area contributed by atoms with E-state index in [-0.39, 0.29) is 11.8 Å². The number of hydrogen-bond acceptors (Lipinski definition) is 3. The summed E-state index contributed by atoms with van der Waals surface area (Å²) >= 11 is 0. The molecule has 4 nitrogen and oxygen atoms in total. The first-order valence-corrected chi connectivity index (χ1v) is 6.09. The topological polar surface area (TPSA) is 66.0 Å². The molecule has 1 atom stereocenters. The van der Waals surface area contributed by atoms with Crippen LogP contribution in [0.15, 0.2) is 24.4 Å². The summed E-state index contributed by atoms with van der Waals surface area (Å²) in [6.07, 6.45) is 2.77. The van der Waals surface area contributed by atoms with E-state index < -0.39 is 0 Å². The van der Waals surface area contributed by atoms with Crippen molar-refractivity contribution in [2.75, 3.05) is 19.6 Å².